The highest BCUT2D eigenvalue weighted by Gasteiger charge is 2.40. The van der Waals surface area contributed by atoms with Crippen LogP contribution in [0.2, 0.25) is 0 Å². The van der Waals surface area contributed by atoms with E-state index in [9.17, 15) is 4.79 Å². The third-order valence-electron chi connectivity index (χ3n) is 3.26. The van der Waals surface area contributed by atoms with Crippen LogP contribution in [-0.4, -0.2) is 31.8 Å². The topological polar surface area (TPSA) is 38.8 Å². The number of methoxy groups -OCH3 is 1. The fourth-order valence-electron chi connectivity index (χ4n) is 2.27. The molecule has 0 saturated heterocycles. The number of ether oxygens (including phenoxy) is 2. The Morgan fingerprint density at radius 2 is 1.95 bits per heavy atom. The van der Waals surface area contributed by atoms with Crippen molar-refractivity contribution < 1.29 is 14.3 Å². The lowest BCUT2D eigenvalue weighted by Gasteiger charge is -2.39. The Bertz CT molecular complexity index is 483. The Labute approximate surface area is 128 Å². The fourth-order valence-corrected chi connectivity index (χ4v) is 2.27. The van der Waals surface area contributed by atoms with Gasteiger partial charge in [-0.3, -0.25) is 4.79 Å². The fraction of sp³-hybridized carbons (Fsp3) is 0.588. The minimum absolute atomic E-state index is 0.00158. The molecule has 0 N–H and O–H groups in total. The van der Waals surface area contributed by atoms with Gasteiger partial charge in [0.2, 0.25) is 0 Å². The van der Waals surface area contributed by atoms with E-state index in [0.717, 1.165) is 23.4 Å². The van der Waals surface area contributed by atoms with Crippen LogP contribution in [0.25, 0.3) is 0 Å². The zero-order chi connectivity index (χ0) is 16.0. The van der Waals surface area contributed by atoms with Crippen LogP contribution >= 0.6 is 0 Å². The van der Waals surface area contributed by atoms with Crippen LogP contribution in [0.5, 0.6) is 5.75 Å². The first-order valence-corrected chi connectivity index (χ1v) is 7.56. The number of carbonyl (C=O) groups excluding carboxylic acids is 1. The van der Waals surface area contributed by atoms with E-state index in [1.807, 2.05) is 43.9 Å². The Hall–Kier alpha value is -1.55. The lowest BCUT2D eigenvalue weighted by molar-refractivity contribution is -0.132. The maximum Gasteiger partial charge on any atom is 0.270 e. The summed E-state index contributed by atoms with van der Waals surface area (Å²) in [5.41, 5.74) is 1.17. The van der Waals surface area contributed by atoms with Crippen LogP contribution in [0.15, 0.2) is 18.2 Å². The summed E-state index contributed by atoms with van der Waals surface area (Å²) in [4.78, 5) is 14.3. The van der Waals surface area contributed by atoms with Crippen LogP contribution in [0.1, 0.15) is 39.7 Å². The molecule has 0 unspecified atom stereocenters. The molecule has 0 aliphatic carbocycles. The number of benzene rings is 1. The summed E-state index contributed by atoms with van der Waals surface area (Å²) in [6.07, 6.45) is 0.811. The average molecular weight is 293 g/mol. The Morgan fingerprint density at radius 1 is 1.29 bits per heavy atom. The van der Waals surface area contributed by atoms with E-state index in [2.05, 4.69) is 0 Å². The summed E-state index contributed by atoms with van der Waals surface area (Å²) in [7, 11) is 1.67. The third kappa shape index (κ3) is 3.97. The maximum absolute atomic E-state index is 12.5. The second kappa shape index (κ2) is 7.46. The summed E-state index contributed by atoms with van der Waals surface area (Å²) in [5.74, 6) is 0.773. The number of rotatable bonds is 4. The summed E-state index contributed by atoms with van der Waals surface area (Å²) in [5, 5.41) is 0. The molecule has 0 radical (unpaired) electrons. The van der Waals surface area contributed by atoms with E-state index in [1.165, 1.54) is 0 Å². The van der Waals surface area contributed by atoms with E-state index >= 15 is 0 Å². The van der Waals surface area contributed by atoms with Gasteiger partial charge in [0.15, 0.2) is 5.60 Å². The van der Waals surface area contributed by atoms with Gasteiger partial charge in [-0.1, -0.05) is 19.9 Å². The summed E-state index contributed by atoms with van der Waals surface area (Å²) in [6.45, 7) is 10.9. The highest BCUT2D eigenvalue weighted by atomic mass is 16.5. The minimum atomic E-state index is -0.810. The number of hydrogen-bond acceptors (Lipinski definition) is 3. The van der Waals surface area contributed by atoms with Crippen LogP contribution < -0.4 is 9.64 Å². The molecule has 0 saturated carbocycles. The molecule has 1 aromatic carbocycles. The predicted molar refractivity (Wildman–Crippen MR) is 86.1 cm³/mol. The molecule has 1 aliphatic heterocycles. The largest absolute Gasteiger partial charge is 0.476 e. The smallest absolute Gasteiger partial charge is 0.270 e. The van der Waals surface area contributed by atoms with Crippen molar-refractivity contribution in [1.82, 2.24) is 0 Å². The van der Waals surface area contributed by atoms with Gasteiger partial charge in [-0.05, 0) is 44.9 Å². The molecular formula is C17H27NO3. The van der Waals surface area contributed by atoms with Crippen molar-refractivity contribution in [2.75, 3.05) is 25.2 Å². The Balaban J connectivity index is 0.00000106. The van der Waals surface area contributed by atoms with Gasteiger partial charge >= 0.3 is 0 Å². The van der Waals surface area contributed by atoms with Crippen LogP contribution in [0.3, 0.4) is 0 Å². The lowest BCUT2D eigenvalue weighted by atomic mass is 10.0. The predicted octanol–water partition coefficient (Wildman–Crippen LogP) is 3.56. The van der Waals surface area contributed by atoms with Gasteiger partial charge < -0.3 is 14.4 Å². The third-order valence-corrected chi connectivity index (χ3v) is 3.26. The number of carbonyl (C=O) groups is 1. The number of fused-ring (bicyclic) bond motifs is 1. The van der Waals surface area contributed by atoms with Gasteiger partial charge in [0.05, 0.1) is 5.69 Å². The molecule has 0 bridgehead atoms. The van der Waals surface area contributed by atoms with Gasteiger partial charge in [0.1, 0.15) is 5.75 Å². The molecule has 1 amide bonds. The van der Waals surface area contributed by atoms with Gasteiger partial charge in [-0.15, -0.1) is 0 Å². The van der Waals surface area contributed by atoms with Gasteiger partial charge in [0.25, 0.3) is 5.91 Å². The standard InChI is InChI=1S/C15H21NO3.C2H6/c1-11-6-7-13-12(10-11)16(8-5-9-18-4)14(17)15(2,3)19-13;1-2/h6-7,10H,5,8-9H2,1-4H3;1-2H3. The first-order valence-electron chi connectivity index (χ1n) is 7.56. The highest BCUT2D eigenvalue weighted by Crippen LogP contribution is 2.38. The normalized spacial score (nSPS) is 15.7. The minimum Gasteiger partial charge on any atom is -0.476 e. The molecular weight excluding hydrogens is 266 g/mol. The van der Waals surface area contributed by atoms with Gasteiger partial charge in [0, 0.05) is 20.3 Å². The van der Waals surface area contributed by atoms with Crippen molar-refractivity contribution in [3.8, 4) is 5.75 Å². The highest BCUT2D eigenvalue weighted by molar-refractivity contribution is 6.02. The summed E-state index contributed by atoms with van der Waals surface area (Å²) in [6, 6.07) is 5.93. The number of aryl methyl sites for hydroxylation is 1. The molecule has 118 valence electrons. The molecule has 0 spiro atoms. The van der Waals surface area contributed by atoms with Crippen LogP contribution in [-0.2, 0) is 9.53 Å². The van der Waals surface area contributed by atoms with Gasteiger partial charge in [-0.25, -0.2) is 0 Å². The van der Waals surface area contributed by atoms with Crippen molar-refractivity contribution in [2.24, 2.45) is 0 Å². The molecule has 1 heterocycles. The molecule has 0 fully saturated rings. The average Bonchev–Trinajstić information content (AvgIpc) is 2.46. The Morgan fingerprint density at radius 3 is 2.57 bits per heavy atom. The molecule has 0 atom stereocenters. The monoisotopic (exact) mass is 293 g/mol. The van der Waals surface area contributed by atoms with Crippen LogP contribution in [0.4, 0.5) is 5.69 Å². The number of hydrogen-bond donors (Lipinski definition) is 0. The molecule has 21 heavy (non-hydrogen) atoms. The first kappa shape index (κ1) is 17.5. The zero-order valence-electron chi connectivity index (χ0n) is 14.0. The number of anilines is 1. The molecule has 4 nitrogen and oxygen atoms in total. The molecule has 2 rings (SSSR count). The van der Waals surface area contributed by atoms with Crippen molar-refractivity contribution in [1.29, 1.82) is 0 Å². The quantitative estimate of drug-likeness (QED) is 0.797. The van der Waals surface area contributed by atoms with Crippen molar-refractivity contribution in [3.05, 3.63) is 23.8 Å². The lowest BCUT2D eigenvalue weighted by Crippen LogP contribution is -2.52. The number of nitrogens with zero attached hydrogens (tertiary/aromatic N) is 1. The van der Waals surface area contributed by atoms with E-state index < -0.39 is 5.60 Å². The van der Waals surface area contributed by atoms with E-state index in [4.69, 9.17) is 9.47 Å². The van der Waals surface area contributed by atoms with E-state index in [0.29, 0.717) is 13.2 Å². The number of amides is 1. The van der Waals surface area contributed by atoms with Crippen molar-refractivity contribution >= 4 is 11.6 Å². The van der Waals surface area contributed by atoms with E-state index in [1.54, 1.807) is 21.0 Å². The van der Waals surface area contributed by atoms with Crippen LogP contribution in [0, 0.1) is 6.92 Å². The second-order valence-electron chi connectivity index (χ2n) is 5.39. The van der Waals surface area contributed by atoms with E-state index in [-0.39, 0.29) is 5.91 Å². The van der Waals surface area contributed by atoms with Crippen molar-refractivity contribution in [3.63, 3.8) is 0 Å². The van der Waals surface area contributed by atoms with Crippen molar-refractivity contribution in [2.45, 2.75) is 46.6 Å². The SMILES string of the molecule is CC.COCCCN1C(=O)C(C)(C)Oc2ccc(C)cc21. The molecule has 1 aliphatic rings. The van der Waals surface area contributed by atoms with Gasteiger partial charge in [-0.2, -0.15) is 0 Å². The second-order valence-corrected chi connectivity index (χ2v) is 5.39. The summed E-state index contributed by atoms with van der Waals surface area (Å²) < 4.78 is 10.9. The molecule has 1 aromatic rings. The maximum atomic E-state index is 12.5. The Kier molecular flexibility index (Phi) is 6.21. The first-order chi connectivity index (χ1) is 9.95. The molecule has 0 aromatic heterocycles. The summed E-state index contributed by atoms with van der Waals surface area (Å²) >= 11 is 0. The molecule has 4 heteroatoms. The zero-order valence-corrected chi connectivity index (χ0v) is 14.0.